The number of hydrogen-bond donors (Lipinski definition) is 3. The molecule has 0 unspecified atom stereocenters. The molecular weight excluding hydrogens is 260 g/mol. The zero-order chi connectivity index (χ0) is 15.1. The van der Waals surface area contributed by atoms with Gasteiger partial charge in [0, 0.05) is 38.9 Å². The van der Waals surface area contributed by atoms with E-state index in [2.05, 4.69) is 10.6 Å². The predicted octanol–water partition coefficient (Wildman–Crippen LogP) is 0.278. The number of methoxy groups -OCH3 is 1. The number of urea groups is 1. The average Bonchev–Trinajstić information content (AvgIpc) is 2.42. The lowest BCUT2D eigenvalue weighted by Crippen LogP contribution is -2.39. The molecule has 1 aromatic carbocycles. The molecule has 0 spiro atoms. The Morgan fingerprint density at radius 1 is 1.25 bits per heavy atom. The lowest BCUT2D eigenvalue weighted by Gasteiger charge is -2.13. The maximum Gasteiger partial charge on any atom is 0.316 e. The molecule has 0 fully saturated rings. The van der Waals surface area contributed by atoms with Gasteiger partial charge >= 0.3 is 6.03 Å². The van der Waals surface area contributed by atoms with Crippen molar-refractivity contribution in [3.63, 3.8) is 0 Å². The van der Waals surface area contributed by atoms with Gasteiger partial charge in [0.15, 0.2) is 0 Å². The molecule has 1 rings (SSSR count). The van der Waals surface area contributed by atoms with Crippen molar-refractivity contribution in [2.45, 2.75) is 0 Å². The van der Waals surface area contributed by atoms with Crippen LogP contribution in [0.3, 0.4) is 0 Å². The van der Waals surface area contributed by atoms with Crippen molar-refractivity contribution in [2.24, 2.45) is 0 Å². The van der Waals surface area contributed by atoms with Crippen molar-refractivity contribution >= 4 is 17.6 Å². The fourth-order valence-electron chi connectivity index (χ4n) is 1.49. The van der Waals surface area contributed by atoms with Crippen LogP contribution >= 0.6 is 0 Å². The van der Waals surface area contributed by atoms with Gasteiger partial charge in [0.25, 0.3) is 5.91 Å². The van der Waals surface area contributed by atoms with Crippen LogP contribution in [0.25, 0.3) is 0 Å². The van der Waals surface area contributed by atoms with Crippen LogP contribution < -0.4 is 21.1 Å². The lowest BCUT2D eigenvalue weighted by molar-refractivity contribution is 0.0950. The summed E-state index contributed by atoms with van der Waals surface area (Å²) in [4.78, 5) is 24.6. The van der Waals surface area contributed by atoms with Gasteiger partial charge in [0.1, 0.15) is 5.75 Å². The fourth-order valence-corrected chi connectivity index (χ4v) is 1.49. The number of nitrogens with two attached hydrogens (primary N) is 1. The molecule has 0 aromatic heterocycles. The van der Waals surface area contributed by atoms with E-state index in [9.17, 15) is 9.59 Å². The van der Waals surface area contributed by atoms with E-state index in [4.69, 9.17) is 10.5 Å². The molecule has 7 heteroatoms. The number of ether oxygens (including phenoxy) is 1. The van der Waals surface area contributed by atoms with Gasteiger partial charge in [0.05, 0.1) is 12.7 Å². The second-order valence-electron chi connectivity index (χ2n) is 4.34. The van der Waals surface area contributed by atoms with Crippen molar-refractivity contribution in [2.75, 3.05) is 40.0 Å². The van der Waals surface area contributed by atoms with Crippen LogP contribution in [-0.2, 0) is 0 Å². The molecule has 1 aromatic rings. The summed E-state index contributed by atoms with van der Waals surface area (Å²) in [6.07, 6.45) is 0. The number of benzene rings is 1. The van der Waals surface area contributed by atoms with Crippen molar-refractivity contribution in [3.8, 4) is 5.75 Å². The van der Waals surface area contributed by atoms with E-state index in [0.29, 0.717) is 30.1 Å². The number of anilines is 1. The summed E-state index contributed by atoms with van der Waals surface area (Å²) in [7, 11) is 4.77. The highest BCUT2D eigenvalue weighted by molar-refractivity contribution is 5.97. The molecule has 0 aliphatic rings. The van der Waals surface area contributed by atoms with Gasteiger partial charge in [0.2, 0.25) is 0 Å². The smallest absolute Gasteiger partial charge is 0.316 e. The van der Waals surface area contributed by atoms with Crippen molar-refractivity contribution in [1.82, 2.24) is 15.5 Å². The molecule has 0 aliphatic carbocycles. The predicted molar refractivity (Wildman–Crippen MR) is 76.8 cm³/mol. The average molecular weight is 280 g/mol. The molecule has 0 radical (unpaired) electrons. The summed E-state index contributed by atoms with van der Waals surface area (Å²) in [6, 6.07) is 4.61. The third-order valence-corrected chi connectivity index (χ3v) is 2.56. The second-order valence-corrected chi connectivity index (χ2v) is 4.34. The maximum absolute atomic E-state index is 12.0. The number of rotatable bonds is 5. The fraction of sp³-hybridized carbons (Fsp3) is 0.385. The summed E-state index contributed by atoms with van der Waals surface area (Å²) in [5, 5.41) is 5.34. The maximum atomic E-state index is 12.0. The number of nitrogens with one attached hydrogen (secondary N) is 2. The Hall–Kier alpha value is -2.44. The Morgan fingerprint density at radius 3 is 2.50 bits per heavy atom. The van der Waals surface area contributed by atoms with E-state index >= 15 is 0 Å². The second kappa shape index (κ2) is 7.22. The Labute approximate surface area is 118 Å². The molecule has 0 saturated heterocycles. The van der Waals surface area contributed by atoms with Gasteiger partial charge in [-0.3, -0.25) is 4.79 Å². The minimum Gasteiger partial charge on any atom is -0.496 e. The van der Waals surface area contributed by atoms with Crippen LogP contribution in [0.2, 0.25) is 0 Å². The summed E-state index contributed by atoms with van der Waals surface area (Å²) < 4.78 is 5.11. The third kappa shape index (κ3) is 4.34. The Kier molecular flexibility index (Phi) is 5.64. The SMILES string of the molecule is COc1cc(N)ccc1C(=O)NCCNC(=O)N(C)C. The highest BCUT2D eigenvalue weighted by Crippen LogP contribution is 2.21. The molecule has 0 aliphatic heterocycles. The molecule has 20 heavy (non-hydrogen) atoms. The van der Waals surface area contributed by atoms with Crippen molar-refractivity contribution < 1.29 is 14.3 Å². The zero-order valence-corrected chi connectivity index (χ0v) is 11.9. The summed E-state index contributed by atoms with van der Waals surface area (Å²) in [5.74, 6) is 0.140. The number of nitrogen functional groups attached to an aromatic ring is 1. The van der Waals surface area contributed by atoms with Crippen LogP contribution in [-0.4, -0.2) is 51.1 Å². The lowest BCUT2D eigenvalue weighted by atomic mass is 10.1. The van der Waals surface area contributed by atoms with E-state index in [1.807, 2.05) is 0 Å². The van der Waals surface area contributed by atoms with Gasteiger partial charge in [-0.1, -0.05) is 0 Å². The van der Waals surface area contributed by atoms with Crippen LogP contribution in [0.1, 0.15) is 10.4 Å². The number of amides is 3. The number of carbonyl (C=O) groups is 2. The first-order valence-electron chi connectivity index (χ1n) is 6.12. The molecule has 7 nitrogen and oxygen atoms in total. The molecule has 4 N–H and O–H groups in total. The van der Waals surface area contributed by atoms with Gasteiger partial charge in [-0.05, 0) is 12.1 Å². The Bertz CT molecular complexity index is 489. The van der Waals surface area contributed by atoms with Crippen molar-refractivity contribution in [1.29, 1.82) is 0 Å². The normalized spacial score (nSPS) is 9.75. The highest BCUT2D eigenvalue weighted by Gasteiger charge is 2.12. The summed E-state index contributed by atoms with van der Waals surface area (Å²) in [6.45, 7) is 0.673. The zero-order valence-electron chi connectivity index (χ0n) is 11.9. The molecule has 0 saturated carbocycles. The quantitative estimate of drug-likeness (QED) is 0.533. The van der Waals surface area contributed by atoms with E-state index in [1.165, 1.54) is 12.0 Å². The van der Waals surface area contributed by atoms with Gasteiger partial charge < -0.3 is 26.0 Å². The van der Waals surface area contributed by atoms with Gasteiger partial charge in [-0.15, -0.1) is 0 Å². The van der Waals surface area contributed by atoms with Gasteiger partial charge in [-0.2, -0.15) is 0 Å². The van der Waals surface area contributed by atoms with E-state index in [0.717, 1.165) is 0 Å². The monoisotopic (exact) mass is 280 g/mol. The topological polar surface area (TPSA) is 96.7 Å². The van der Waals surface area contributed by atoms with E-state index in [-0.39, 0.29) is 11.9 Å². The standard InChI is InChI=1S/C13H20N4O3/c1-17(2)13(19)16-7-6-15-12(18)10-5-4-9(14)8-11(10)20-3/h4-5,8H,6-7,14H2,1-3H3,(H,15,18)(H,16,19). The molecule has 0 bridgehead atoms. The summed E-state index contributed by atoms with van der Waals surface area (Å²) >= 11 is 0. The minimum atomic E-state index is -0.277. The van der Waals surface area contributed by atoms with E-state index < -0.39 is 0 Å². The first-order chi connectivity index (χ1) is 9.45. The molecule has 110 valence electrons. The van der Waals surface area contributed by atoms with Crippen LogP contribution in [0.5, 0.6) is 5.75 Å². The first-order valence-corrected chi connectivity index (χ1v) is 6.12. The Balaban J connectivity index is 2.49. The number of carbonyl (C=O) groups excluding carboxylic acids is 2. The van der Waals surface area contributed by atoms with Crippen molar-refractivity contribution in [3.05, 3.63) is 23.8 Å². The van der Waals surface area contributed by atoms with Crippen LogP contribution in [0, 0.1) is 0 Å². The minimum absolute atomic E-state index is 0.204. The highest BCUT2D eigenvalue weighted by atomic mass is 16.5. The van der Waals surface area contributed by atoms with Crippen LogP contribution in [0.4, 0.5) is 10.5 Å². The molecule has 0 heterocycles. The number of nitrogens with zero attached hydrogens (tertiary/aromatic N) is 1. The van der Waals surface area contributed by atoms with E-state index in [1.54, 1.807) is 32.3 Å². The summed E-state index contributed by atoms with van der Waals surface area (Å²) in [5.41, 5.74) is 6.55. The Morgan fingerprint density at radius 2 is 1.90 bits per heavy atom. The number of hydrogen-bond acceptors (Lipinski definition) is 4. The first kappa shape index (κ1) is 15.6. The molecular formula is C13H20N4O3. The molecule has 0 atom stereocenters. The van der Waals surface area contributed by atoms with Crippen LogP contribution in [0.15, 0.2) is 18.2 Å². The third-order valence-electron chi connectivity index (χ3n) is 2.56. The molecule has 3 amide bonds. The van der Waals surface area contributed by atoms with Gasteiger partial charge in [-0.25, -0.2) is 4.79 Å². The largest absolute Gasteiger partial charge is 0.496 e.